The molecule has 0 saturated heterocycles. The second-order valence-corrected chi connectivity index (χ2v) is 7.72. The molecule has 202 valence electrons. The summed E-state index contributed by atoms with van der Waals surface area (Å²) in [6.07, 6.45) is -0.236. The maximum atomic E-state index is 12.4. The number of esters is 4. The number of hydrogen-bond donors (Lipinski definition) is 0. The van der Waals surface area contributed by atoms with E-state index in [1.807, 2.05) is 0 Å². The van der Waals surface area contributed by atoms with Gasteiger partial charge in [0.25, 0.3) is 0 Å². The molecule has 10 heteroatoms. The zero-order valence-corrected chi connectivity index (χ0v) is 21.4. The van der Waals surface area contributed by atoms with Crippen molar-refractivity contribution in [1.29, 1.82) is 0 Å². The zero-order chi connectivity index (χ0) is 27.9. The van der Waals surface area contributed by atoms with Gasteiger partial charge in [-0.05, 0) is 62.4 Å². The van der Waals surface area contributed by atoms with Gasteiger partial charge in [0.15, 0.2) is 0 Å². The molecule has 0 atom stereocenters. The van der Waals surface area contributed by atoms with Crippen molar-refractivity contribution in [3.8, 4) is 17.2 Å². The van der Waals surface area contributed by atoms with Crippen LogP contribution in [-0.2, 0) is 28.6 Å². The largest absolute Gasteiger partial charge is 0.490 e. The quantitative estimate of drug-likeness (QED) is 0.111. The highest BCUT2D eigenvalue weighted by molar-refractivity contribution is 5.93. The lowest BCUT2D eigenvalue weighted by Crippen LogP contribution is -2.16. The lowest BCUT2D eigenvalue weighted by atomic mass is 10.2. The maximum Gasteiger partial charge on any atom is 0.343 e. The SMILES string of the molecule is C=C(C)C(=O)OCCOc1ccc(C(=O)Oc2ccc(OCCOC(=O)C(=C)CC(=O)OCC)cc2)cc1. The van der Waals surface area contributed by atoms with Crippen molar-refractivity contribution in [2.75, 3.05) is 33.0 Å². The van der Waals surface area contributed by atoms with Gasteiger partial charge < -0.3 is 28.4 Å². The van der Waals surface area contributed by atoms with Gasteiger partial charge in [-0.25, -0.2) is 14.4 Å². The van der Waals surface area contributed by atoms with Crippen LogP contribution in [0.2, 0.25) is 0 Å². The van der Waals surface area contributed by atoms with Gasteiger partial charge in [-0.3, -0.25) is 4.79 Å². The van der Waals surface area contributed by atoms with E-state index < -0.39 is 23.9 Å². The molecule has 38 heavy (non-hydrogen) atoms. The lowest BCUT2D eigenvalue weighted by Gasteiger charge is -2.10. The van der Waals surface area contributed by atoms with Gasteiger partial charge in [0.2, 0.25) is 0 Å². The van der Waals surface area contributed by atoms with Gasteiger partial charge >= 0.3 is 23.9 Å². The van der Waals surface area contributed by atoms with Crippen molar-refractivity contribution in [3.05, 3.63) is 78.4 Å². The Bertz CT molecular complexity index is 1130. The van der Waals surface area contributed by atoms with E-state index in [4.69, 9.17) is 28.4 Å². The normalized spacial score (nSPS) is 10.1. The van der Waals surface area contributed by atoms with Gasteiger partial charge in [-0.2, -0.15) is 0 Å². The molecule has 0 saturated carbocycles. The lowest BCUT2D eigenvalue weighted by molar-refractivity contribution is -0.146. The summed E-state index contributed by atoms with van der Waals surface area (Å²) in [7, 11) is 0. The molecule has 0 aliphatic rings. The topological polar surface area (TPSA) is 124 Å². The molecule has 0 N–H and O–H groups in total. The van der Waals surface area contributed by atoms with Crippen LogP contribution in [0, 0.1) is 0 Å². The van der Waals surface area contributed by atoms with E-state index in [1.165, 1.54) is 0 Å². The van der Waals surface area contributed by atoms with E-state index >= 15 is 0 Å². The van der Waals surface area contributed by atoms with E-state index in [9.17, 15) is 19.2 Å². The maximum absolute atomic E-state index is 12.4. The highest BCUT2D eigenvalue weighted by Gasteiger charge is 2.14. The molecule has 2 aromatic carbocycles. The molecule has 0 bridgehead atoms. The van der Waals surface area contributed by atoms with Crippen LogP contribution < -0.4 is 14.2 Å². The Morgan fingerprint density at radius 1 is 0.684 bits per heavy atom. The Labute approximate surface area is 220 Å². The summed E-state index contributed by atoms with van der Waals surface area (Å²) in [5.74, 6) is -1.01. The number of rotatable bonds is 15. The van der Waals surface area contributed by atoms with Crippen molar-refractivity contribution < 1.29 is 47.6 Å². The van der Waals surface area contributed by atoms with E-state index in [-0.39, 0.29) is 45.0 Å². The summed E-state index contributed by atoms with van der Waals surface area (Å²) in [6.45, 7) is 10.7. The molecule has 0 radical (unpaired) electrons. The number of hydrogen-bond acceptors (Lipinski definition) is 10. The minimum atomic E-state index is -0.701. The fraction of sp³-hybridized carbons (Fsp3) is 0.286. The minimum absolute atomic E-state index is 0.00149. The average molecular weight is 527 g/mol. The fourth-order valence-electron chi connectivity index (χ4n) is 2.73. The standard InChI is InChI=1S/C28H30O10/c1-5-33-25(29)18-20(4)27(31)37-17-15-35-23-10-12-24(13-11-23)38-28(32)21-6-8-22(9-7-21)34-14-16-36-26(30)19(2)3/h6-13H,2,4-5,14-18H2,1,3H3. The van der Waals surface area contributed by atoms with E-state index in [0.717, 1.165) is 0 Å². The van der Waals surface area contributed by atoms with Gasteiger partial charge in [0, 0.05) is 11.1 Å². The Morgan fingerprint density at radius 2 is 1.18 bits per heavy atom. The molecule has 2 rings (SSSR count). The smallest absolute Gasteiger partial charge is 0.343 e. The van der Waals surface area contributed by atoms with Crippen molar-refractivity contribution in [3.63, 3.8) is 0 Å². The summed E-state index contributed by atoms with van der Waals surface area (Å²) < 4.78 is 31.0. The molecule has 2 aromatic rings. The van der Waals surface area contributed by atoms with Gasteiger partial charge in [-0.1, -0.05) is 13.2 Å². The fourth-order valence-corrected chi connectivity index (χ4v) is 2.73. The van der Waals surface area contributed by atoms with Gasteiger partial charge in [-0.15, -0.1) is 0 Å². The molecule has 0 aliphatic heterocycles. The first kappa shape index (κ1) is 29.6. The molecular formula is C28H30O10. The molecule has 0 heterocycles. The number of carbonyl (C=O) groups excluding carboxylic acids is 4. The Morgan fingerprint density at radius 3 is 1.71 bits per heavy atom. The zero-order valence-electron chi connectivity index (χ0n) is 21.4. The molecule has 0 aromatic heterocycles. The summed E-state index contributed by atoms with van der Waals surface area (Å²) in [5, 5.41) is 0. The van der Waals surface area contributed by atoms with Crippen LogP contribution in [0.15, 0.2) is 72.8 Å². The highest BCUT2D eigenvalue weighted by Crippen LogP contribution is 2.20. The first-order chi connectivity index (χ1) is 18.2. The molecule has 0 fully saturated rings. The van der Waals surface area contributed by atoms with Crippen molar-refractivity contribution in [2.45, 2.75) is 20.3 Å². The summed E-state index contributed by atoms with van der Waals surface area (Å²) in [5.41, 5.74) is 0.626. The van der Waals surface area contributed by atoms with Gasteiger partial charge in [0.1, 0.15) is 43.7 Å². The number of benzene rings is 2. The molecule has 0 aliphatic carbocycles. The van der Waals surface area contributed by atoms with Gasteiger partial charge in [0.05, 0.1) is 18.6 Å². The molecule has 10 nitrogen and oxygen atoms in total. The average Bonchev–Trinajstić information content (AvgIpc) is 2.90. The second-order valence-electron chi connectivity index (χ2n) is 7.72. The third-order valence-corrected chi connectivity index (χ3v) is 4.59. The molecule has 0 amide bonds. The predicted octanol–water partition coefficient (Wildman–Crippen LogP) is 3.84. The predicted molar refractivity (Wildman–Crippen MR) is 136 cm³/mol. The third kappa shape index (κ3) is 10.6. The Hall–Kier alpha value is -4.60. The Kier molecular flexibility index (Phi) is 12.1. The van der Waals surface area contributed by atoms with Crippen LogP contribution in [0.1, 0.15) is 30.6 Å². The van der Waals surface area contributed by atoms with E-state index in [1.54, 1.807) is 62.4 Å². The highest BCUT2D eigenvalue weighted by atomic mass is 16.6. The van der Waals surface area contributed by atoms with Crippen LogP contribution in [0.5, 0.6) is 17.2 Å². The Balaban J connectivity index is 1.71. The summed E-state index contributed by atoms with van der Waals surface area (Å²) in [6, 6.07) is 12.6. The van der Waals surface area contributed by atoms with Crippen molar-refractivity contribution in [1.82, 2.24) is 0 Å². The van der Waals surface area contributed by atoms with Crippen LogP contribution in [-0.4, -0.2) is 56.9 Å². The minimum Gasteiger partial charge on any atom is -0.490 e. The van der Waals surface area contributed by atoms with Crippen LogP contribution in [0.3, 0.4) is 0 Å². The monoisotopic (exact) mass is 526 g/mol. The van der Waals surface area contributed by atoms with Crippen molar-refractivity contribution in [2.24, 2.45) is 0 Å². The molecule has 0 unspecified atom stereocenters. The number of carbonyl (C=O) groups is 4. The van der Waals surface area contributed by atoms with E-state index in [0.29, 0.717) is 28.4 Å². The first-order valence-electron chi connectivity index (χ1n) is 11.7. The summed E-state index contributed by atoms with van der Waals surface area (Å²) >= 11 is 0. The van der Waals surface area contributed by atoms with Crippen LogP contribution >= 0.6 is 0 Å². The number of ether oxygens (including phenoxy) is 6. The van der Waals surface area contributed by atoms with E-state index in [2.05, 4.69) is 13.2 Å². The van der Waals surface area contributed by atoms with Crippen LogP contribution in [0.25, 0.3) is 0 Å². The summed E-state index contributed by atoms with van der Waals surface area (Å²) in [4.78, 5) is 46.9. The van der Waals surface area contributed by atoms with Crippen LogP contribution in [0.4, 0.5) is 0 Å². The second kappa shape index (κ2) is 15.5. The molecular weight excluding hydrogens is 496 g/mol. The van der Waals surface area contributed by atoms with Crippen molar-refractivity contribution >= 4 is 23.9 Å². The third-order valence-electron chi connectivity index (χ3n) is 4.59. The molecule has 0 spiro atoms. The first-order valence-corrected chi connectivity index (χ1v) is 11.7.